The van der Waals surface area contributed by atoms with E-state index in [1.54, 1.807) is 22.7 Å². The van der Waals surface area contributed by atoms with E-state index >= 15 is 0 Å². The molecule has 1 aromatic carbocycles. The van der Waals surface area contributed by atoms with Crippen LogP contribution in [0.15, 0.2) is 37.9 Å². The molecule has 0 fully saturated rings. The van der Waals surface area contributed by atoms with E-state index in [2.05, 4.69) is 54.4 Å². The molecular formula is C13H11Br2N3S2. The molecule has 0 aliphatic carbocycles. The zero-order valence-electron chi connectivity index (χ0n) is 10.3. The van der Waals surface area contributed by atoms with Gasteiger partial charge in [0.2, 0.25) is 0 Å². The Labute approximate surface area is 141 Å². The molecule has 0 aliphatic heterocycles. The van der Waals surface area contributed by atoms with Crippen LogP contribution >= 0.6 is 54.5 Å². The van der Waals surface area contributed by atoms with E-state index in [1.807, 2.05) is 18.2 Å². The van der Waals surface area contributed by atoms with Gasteiger partial charge in [0.1, 0.15) is 0 Å². The Balaban J connectivity index is 1.89. The average molecular weight is 433 g/mol. The number of halogens is 2. The average Bonchev–Trinajstić information content (AvgIpc) is 2.98. The molecule has 0 saturated carbocycles. The number of rotatable bonds is 4. The van der Waals surface area contributed by atoms with Crippen molar-refractivity contribution in [1.82, 2.24) is 10.4 Å². The maximum absolute atomic E-state index is 5.72. The lowest BCUT2D eigenvalue weighted by atomic mass is 10.1. The molecule has 3 aromatic rings. The van der Waals surface area contributed by atoms with Crippen molar-refractivity contribution >= 4 is 64.8 Å². The van der Waals surface area contributed by atoms with Crippen molar-refractivity contribution in [3.05, 3.63) is 48.5 Å². The number of para-hydroxylation sites is 1. The Bertz CT molecular complexity index is 705. The van der Waals surface area contributed by atoms with Gasteiger partial charge in [-0.1, -0.05) is 12.1 Å². The van der Waals surface area contributed by atoms with E-state index in [9.17, 15) is 0 Å². The third-order valence-electron chi connectivity index (χ3n) is 2.98. The van der Waals surface area contributed by atoms with E-state index < -0.39 is 0 Å². The number of benzene rings is 1. The molecule has 1 unspecified atom stereocenters. The molecule has 3 N–H and O–H groups in total. The Hall–Kier alpha value is -0.310. The van der Waals surface area contributed by atoms with Crippen LogP contribution in [0.5, 0.6) is 0 Å². The number of thiazole rings is 1. The van der Waals surface area contributed by atoms with Gasteiger partial charge >= 0.3 is 0 Å². The van der Waals surface area contributed by atoms with Crippen LogP contribution in [0.25, 0.3) is 10.2 Å². The molecule has 2 aromatic heterocycles. The van der Waals surface area contributed by atoms with Crippen LogP contribution in [0, 0.1) is 0 Å². The Morgan fingerprint density at radius 3 is 2.70 bits per heavy atom. The second-order valence-electron chi connectivity index (χ2n) is 4.28. The molecule has 0 saturated heterocycles. The van der Waals surface area contributed by atoms with E-state index in [-0.39, 0.29) is 6.04 Å². The quantitative estimate of drug-likeness (QED) is 0.466. The van der Waals surface area contributed by atoms with Gasteiger partial charge in [0, 0.05) is 6.42 Å². The normalized spacial score (nSPS) is 12.9. The highest BCUT2D eigenvalue weighted by molar-refractivity contribution is 9.12. The number of hydrogen-bond donors (Lipinski definition) is 2. The number of nitrogens with two attached hydrogens (primary N) is 1. The Kier molecular flexibility index (Phi) is 4.54. The lowest BCUT2D eigenvalue weighted by molar-refractivity contribution is 0.551. The van der Waals surface area contributed by atoms with Gasteiger partial charge in [0.05, 0.1) is 28.8 Å². The summed E-state index contributed by atoms with van der Waals surface area (Å²) in [5.74, 6) is 5.72. The third-order valence-corrected chi connectivity index (χ3v) is 6.42. The molecule has 0 radical (unpaired) electrons. The van der Waals surface area contributed by atoms with Gasteiger partial charge in [0.25, 0.3) is 0 Å². The van der Waals surface area contributed by atoms with Crippen LogP contribution in [-0.2, 0) is 6.42 Å². The first-order valence-electron chi connectivity index (χ1n) is 5.92. The molecular weight excluding hydrogens is 422 g/mol. The van der Waals surface area contributed by atoms with E-state index in [0.29, 0.717) is 0 Å². The summed E-state index contributed by atoms with van der Waals surface area (Å²) >= 11 is 10.5. The fraction of sp³-hybridized carbons (Fsp3) is 0.154. The second-order valence-corrected chi connectivity index (χ2v) is 9.14. The lowest BCUT2D eigenvalue weighted by Crippen LogP contribution is -2.29. The predicted molar refractivity (Wildman–Crippen MR) is 93.1 cm³/mol. The maximum atomic E-state index is 5.72. The molecule has 0 aliphatic rings. The van der Waals surface area contributed by atoms with Gasteiger partial charge in [-0.3, -0.25) is 11.3 Å². The monoisotopic (exact) mass is 431 g/mol. The molecule has 3 rings (SSSR count). The SMILES string of the molecule is NNC(Cc1nc2ccccc2s1)c1cc(Br)sc1Br. The van der Waals surface area contributed by atoms with E-state index in [4.69, 9.17) is 5.84 Å². The van der Waals surface area contributed by atoms with Crippen molar-refractivity contribution in [2.24, 2.45) is 5.84 Å². The topological polar surface area (TPSA) is 50.9 Å². The third kappa shape index (κ3) is 2.98. The number of hydrogen-bond acceptors (Lipinski definition) is 5. The van der Waals surface area contributed by atoms with Gasteiger partial charge in [-0.15, -0.1) is 22.7 Å². The molecule has 1 atom stereocenters. The Morgan fingerprint density at radius 2 is 2.05 bits per heavy atom. The second kappa shape index (κ2) is 6.21. The molecule has 0 amide bonds. The first-order chi connectivity index (χ1) is 9.67. The standard InChI is InChI=1S/C13H11Br2N3S2/c14-11-5-7(13(15)20-11)9(18-16)6-12-17-8-3-1-2-4-10(8)19-12/h1-5,9,18H,6,16H2. The zero-order valence-corrected chi connectivity index (χ0v) is 15.1. The van der Waals surface area contributed by atoms with Crippen LogP contribution in [-0.4, -0.2) is 4.98 Å². The fourth-order valence-electron chi connectivity index (χ4n) is 2.03. The van der Waals surface area contributed by atoms with Crippen LogP contribution in [0.2, 0.25) is 0 Å². The van der Waals surface area contributed by atoms with Crippen molar-refractivity contribution in [2.45, 2.75) is 12.5 Å². The molecule has 0 bridgehead atoms. The molecule has 7 heteroatoms. The summed E-state index contributed by atoms with van der Waals surface area (Å²) in [7, 11) is 0. The van der Waals surface area contributed by atoms with Gasteiger partial charge in [-0.05, 0) is 55.6 Å². The van der Waals surface area contributed by atoms with Gasteiger partial charge in [-0.25, -0.2) is 4.98 Å². The number of hydrazine groups is 1. The van der Waals surface area contributed by atoms with Crippen molar-refractivity contribution in [3.8, 4) is 0 Å². The summed E-state index contributed by atoms with van der Waals surface area (Å²) < 4.78 is 3.39. The summed E-state index contributed by atoms with van der Waals surface area (Å²) in [6, 6.07) is 10.3. The highest BCUT2D eigenvalue weighted by atomic mass is 79.9. The fourth-order valence-corrected chi connectivity index (χ4v) is 6.02. The predicted octanol–water partition coefficient (Wildman–Crippen LogP) is 4.63. The smallest absolute Gasteiger partial charge is 0.0958 e. The summed E-state index contributed by atoms with van der Waals surface area (Å²) in [6.45, 7) is 0. The highest BCUT2D eigenvalue weighted by Crippen LogP contribution is 2.37. The number of nitrogens with zero attached hydrogens (tertiary/aromatic N) is 1. The number of aromatic nitrogens is 1. The van der Waals surface area contributed by atoms with Crippen molar-refractivity contribution < 1.29 is 0 Å². The number of thiophene rings is 1. The molecule has 3 nitrogen and oxygen atoms in total. The minimum absolute atomic E-state index is 0.0486. The molecule has 104 valence electrons. The van der Waals surface area contributed by atoms with Gasteiger partial charge in [-0.2, -0.15) is 0 Å². The summed E-state index contributed by atoms with van der Waals surface area (Å²) in [6.07, 6.45) is 0.775. The minimum Gasteiger partial charge on any atom is -0.271 e. The lowest BCUT2D eigenvalue weighted by Gasteiger charge is -2.13. The van der Waals surface area contributed by atoms with E-state index in [1.165, 1.54) is 4.70 Å². The number of nitrogens with one attached hydrogen (secondary N) is 1. The summed E-state index contributed by atoms with van der Waals surface area (Å²) in [4.78, 5) is 4.66. The van der Waals surface area contributed by atoms with Crippen LogP contribution in [0.4, 0.5) is 0 Å². The largest absolute Gasteiger partial charge is 0.271 e. The summed E-state index contributed by atoms with van der Waals surface area (Å²) in [5.41, 5.74) is 5.09. The van der Waals surface area contributed by atoms with Gasteiger partial charge < -0.3 is 0 Å². The zero-order chi connectivity index (χ0) is 14.1. The highest BCUT2D eigenvalue weighted by Gasteiger charge is 2.18. The number of fused-ring (bicyclic) bond motifs is 1. The Morgan fingerprint density at radius 1 is 1.25 bits per heavy atom. The summed E-state index contributed by atoms with van der Waals surface area (Å²) in [5, 5.41) is 1.09. The van der Waals surface area contributed by atoms with Crippen molar-refractivity contribution in [2.75, 3.05) is 0 Å². The first kappa shape index (κ1) is 14.6. The van der Waals surface area contributed by atoms with Crippen LogP contribution < -0.4 is 11.3 Å². The molecule has 20 heavy (non-hydrogen) atoms. The van der Waals surface area contributed by atoms with Crippen molar-refractivity contribution in [1.29, 1.82) is 0 Å². The molecule has 2 heterocycles. The maximum Gasteiger partial charge on any atom is 0.0958 e. The van der Waals surface area contributed by atoms with Crippen molar-refractivity contribution in [3.63, 3.8) is 0 Å². The van der Waals surface area contributed by atoms with Crippen LogP contribution in [0.3, 0.4) is 0 Å². The van der Waals surface area contributed by atoms with E-state index in [0.717, 1.165) is 30.1 Å². The van der Waals surface area contributed by atoms with Gasteiger partial charge in [0.15, 0.2) is 0 Å². The first-order valence-corrected chi connectivity index (χ1v) is 9.14. The molecule has 0 spiro atoms. The minimum atomic E-state index is 0.0486. The van der Waals surface area contributed by atoms with Crippen LogP contribution in [0.1, 0.15) is 16.6 Å².